The Labute approximate surface area is 201 Å². The molecular formula is C23H28N4O4S2. The molecule has 1 unspecified atom stereocenters. The predicted octanol–water partition coefficient (Wildman–Crippen LogP) is 4.79. The standard InChI is InChI=1S/C23H28N4O4S2/c1-6-16-8-10-17(11-9-16)31-15(4)20-25-26-23(27(20)5)32-13-19(28)24-21-18(12-14(3)33-21)22(29)30-7-2/h8-12,15H,6-7,13H2,1-5H3,(H,24,28). The molecule has 1 atom stereocenters. The van der Waals surface area contributed by atoms with Crippen LogP contribution in [0.25, 0.3) is 0 Å². The molecule has 1 amide bonds. The molecule has 2 heterocycles. The molecule has 176 valence electrons. The van der Waals surface area contributed by atoms with Gasteiger partial charge in [0.1, 0.15) is 10.8 Å². The molecule has 33 heavy (non-hydrogen) atoms. The molecule has 3 rings (SSSR count). The molecule has 0 saturated heterocycles. The van der Waals surface area contributed by atoms with Crippen molar-refractivity contribution in [2.75, 3.05) is 17.7 Å². The summed E-state index contributed by atoms with van der Waals surface area (Å²) in [5.41, 5.74) is 1.62. The Morgan fingerprint density at radius 1 is 1.21 bits per heavy atom. The normalized spacial score (nSPS) is 11.8. The second-order valence-electron chi connectivity index (χ2n) is 7.31. The number of aromatic nitrogens is 3. The van der Waals surface area contributed by atoms with E-state index in [1.54, 1.807) is 13.0 Å². The van der Waals surface area contributed by atoms with E-state index in [9.17, 15) is 9.59 Å². The second kappa shape index (κ2) is 11.3. The van der Waals surface area contributed by atoms with Gasteiger partial charge < -0.3 is 19.4 Å². The van der Waals surface area contributed by atoms with Crippen molar-refractivity contribution < 1.29 is 19.1 Å². The van der Waals surface area contributed by atoms with Crippen molar-refractivity contribution in [1.82, 2.24) is 14.8 Å². The number of hydrogen-bond acceptors (Lipinski definition) is 8. The van der Waals surface area contributed by atoms with Crippen LogP contribution < -0.4 is 10.1 Å². The van der Waals surface area contributed by atoms with Crippen LogP contribution in [0.1, 0.15) is 53.5 Å². The molecule has 0 spiro atoms. The lowest BCUT2D eigenvalue weighted by Crippen LogP contribution is -2.16. The minimum absolute atomic E-state index is 0.124. The molecule has 1 aromatic carbocycles. The third-order valence-electron chi connectivity index (χ3n) is 4.81. The molecule has 0 aliphatic carbocycles. The summed E-state index contributed by atoms with van der Waals surface area (Å²) in [6.07, 6.45) is 0.670. The van der Waals surface area contributed by atoms with Gasteiger partial charge in [-0.15, -0.1) is 21.5 Å². The van der Waals surface area contributed by atoms with Gasteiger partial charge in [0, 0.05) is 11.9 Å². The Balaban J connectivity index is 1.59. The number of nitrogens with zero attached hydrogens (tertiary/aromatic N) is 3. The molecule has 10 heteroatoms. The topological polar surface area (TPSA) is 95.3 Å². The third-order valence-corrected chi connectivity index (χ3v) is 6.80. The number of carbonyl (C=O) groups is 2. The predicted molar refractivity (Wildman–Crippen MR) is 130 cm³/mol. The molecule has 0 aliphatic rings. The second-order valence-corrected chi connectivity index (χ2v) is 9.51. The first-order chi connectivity index (χ1) is 15.8. The van der Waals surface area contributed by atoms with Crippen LogP contribution in [-0.4, -0.2) is 39.0 Å². The van der Waals surface area contributed by atoms with Gasteiger partial charge in [0.2, 0.25) is 5.91 Å². The van der Waals surface area contributed by atoms with Crippen molar-refractivity contribution in [3.63, 3.8) is 0 Å². The van der Waals surface area contributed by atoms with Gasteiger partial charge in [-0.25, -0.2) is 4.79 Å². The number of hydrogen-bond donors (Lipinski definition) is 1. The number of rotatable bonds is 10. The van der Waals surface area contributed by atoms with Gasteiger partial charge in [0.05, 0.1) is 17.9 Å². The van der Waals surface area contributed by atoms with Crippen LogP contribution in [0.2, 0.25) is 0 Å². The number of benzene rings is 1. The van der Waals surface area contributed by atoms with Gasteiger partial charge in [-0.3, -0.25) is 4.79 Å². The monoisotopic (exact) mass is 488 g/mol. The quantitative estimate of drug-likeness (QED) is 0.324. The first kappa shape index (κ1) is 24.8. The summed E-state index contributed by atoms with van der Waals surface area (Å²) in [5, 5.41) is 12.3. The maximum atomic E-state index is 12.5. The maximum Gasteiger partial charge on any atom is 0.341 e. The zero-order valence-corrected chi connectivity index (χ0v) is 21.0. The van der Waals surface area contributed by atoms with Gasteiger partial charge in [-0.1, -0.05) is 30.8 Å². The van der Waals surface area contributed by atoms with E-state index in [-0.39, 0.29) is 24.4 Å². The van der Waals surface area contributed by atoms with Crippen LogP contribution >= 0.6 is 23.1 Å². The zero-order valence-electron chi connectivity index (χ0n) is 19.4. The highest BCUT2D eigenvalue weighted by Crippen LogP contribution is 2.29. The Hall–Kier alpha value is -2.85. The Morgan fingerprint density at radius 3 is 2.61 bits per heavy atom. The van der Waals surface area contributed by atoms with E-state index in [1.165, 1.54) is 28.7 Å². The van der Waals surface area contributed by atoms with Crippen molar-refractivity contribution in [2.45, 2.75) is 45.4 Å². The van der Waals surface area contributed by atoms with E-state index in [2.05, 4.69) is 22.4 Å². The molecule has 2 aromatic heterocycles. The van der Waals surface area contributed by atoms with Crippen LogP contribution in [0.15, 0.2) is 35.5 Å². The fraction of sp³-hybridized carbons (Fsp3) is 0.391. The van der Waals surface area contributed by atoms with Crippen LogP contribution in [0.3, 0.4) is 0 Å². The zero-order chi connectivity index (χ0) is 24.0. The minimum atomic E-state index is -0.443. The number of nitrogens with one attached hydrogen (secondary N) is 1. The molecule has 0 bridgehead atoms. The van der Waals surface area contributed by atoms with Gasteiger partial charge in [0.25, 0.3) is 0 Å². The third kappa shape index (κ3) is 6.35. The summed E-state index contributed by atoms with van der Waals surface area (Å²) in [4.78, 5) is 25.5. The summed E-state index contributed by atoms with van der Waals surface area (Å²) < 4.78 is 12.9. The Morgan fingerprint density at radius 2 is 1.94 bits per heavy atom. The van der Waals surface area contributed by atoms with E-state index >= 15 is 0 Å². The highest BCUT2D eigenvalue weighted by molar-refractivity contribution is 7.99. The van der Waals surface area contributed by atoms with Crippen molar-refractivity contribution >= 4 is 40.0 Å². The smallest absolute Gasteiger partial charge is 0.341 e. The number of anilines is 1. The van der Waals surface area contributed by atoms with Crippen LogP contribution in [0, 0.1) is 6.92 Å². The lowest BCUT2D eigenvalue weighted by Gasteiger charge is -2.14. The van der Waals surface area contributed by atoms with Crippen molar-refractivity contribution in [3.8, 4) is 5.75 Å². The summed E-state index contributed by atoms with van der Waals surface area (Å²) >= 11 is 2.61. The van der Waals surface area contributed by atoms with Gasteiger partial charge in [-0.2, -0.15) is 0 Å². The number of esters is 1. The van der Waals surface area contributed by atoms with E-state index in [1.807, 2.05) is 49.7 Å². The number of ether oxygens (including phenoxy) is 2. The molecular weight excluding hydrogens is 460 g/mol. The minimum Gasteiger partial charge on any atom is -0.483 e. The Kier molecular flexibility index (Phi) is 8.51. The number of aryl methyl sites for hydroxylation is 2. The summed E-state index contributed by atoms with van der Waals surface area (Å²) in [7, 11) is 1.84. The molecule has 8 nitrogen and oxygen atoms in total. The van der Waals surface area contributed by atoms with E-state index in [0.717, 1.165) is 17.0 Å². The maximum absolute atomic E-state index is 12.5. The first-order valence-corrected chi connectivity index (χ1v) is 12.5. The van der Waals surface area contributed by atoms with E-state index < -0.39 is 5.97 Å². The molecule has 0 aliphatic heterocycles. The van der Waals surface area contributed by atoms with Crippen molar-refractivity contribution in [3.05, 3.63) is 52.2 Å². The van der Waals surface area contributed by atoms with Gasteiger partial charge in [-0.05, 0) is 51.0 Å². The average Bonchev–Trinajstić information content (AvgIpc) is 3.34. The highest BCUT2D eigenvalue weighted by Gasteiger charge is 2.20. The van der Waals surface area contributed by atoms with E-state index in [0.29, 0.717) is 21.5 Å². The van der Waals surface area contributed by atoms with E-state index in [4.69, 9.17) is 9.47 Å². The summed E-state index contributed by atoms with van der Waals surface area (Å²) in [6.45, 7) is 7.92. The lowest BCUT2D eigenvalue weighted by atomic mass is 10.2. The number of carbonyl (C=O) groups excluding carboxylic acids is 2. The van der Waals surface area contributed by atoms with Crippen LogP contribution in [-0.2, 0) is 23.0 Å². The molecule has 1 N–H and O–H groups in total. The number of amides is 1. The fourth-order valence-corrected chi connectivity index (χ4v) is 4.76. The van der Waals surface area contributed by atoms with Crippen molar-refractivity contribution in [2.24, 2.45) is 7.05 Å². The number of thiophene rings is 1. The first-order valence-electron chi connectivity index (χ1n) is 10.7. The number of thioether (sulfide) groups is 1. The molecule has 0 radical (unpaired) electrons. The van der Waals surface area contributed by atoms with Gasteiger partial charge >= 0.3 is 5.97 Å². The molecule has 0 fully saturated rings. The largest absolute Gasteiger partial charge is 0.483 e. The summed E-state index contributed by atoms with van der Waals surface area (Å²) in [5.74, 6) is 0.869. The summed E-state index contributed by atoms with van der Waals surface area (Å²) in [6, 6.07) is 9.70. The SMILES string of the molecule is CCOC(=O)c1cc(C)sc1NC(=O)CSc1nnc(C(C)Oc2ccc(CC)cc2)n1C. The molecule has 3 aromatic rings. The average molecular weight is 489 g/mol. The van der Waals surface area contributed by atoms with Gasteiger partial charge in [0.15, 0.2) is 17.1 Å². The Bertz CT molecular complexity index is 1110. The van der Waals surface area contributed by atoms with Crippen LogP contribution in [0.5, 0.6) is 5.75 Å². The highest BCUT2D eigenvalue weighted by atomic mass is 32.2. The fourth-order valence-electron chi connectivity index (χ4n) is 3.13. The lowest BCUT2D eigenvalue weighted by molar-refractivity contribution is -0.113. The van der Waals surface area contributed by atoms with Crippen LogP contribution in [0.4, 0.5) is 5.00 Å². The molecule has 0 saturated carbocycles. The van der Waals surface area contributed by atoms with Crippen molar-refractivity contribution in [1.29, 1.82) is 0 Å².